The van der Waals surface area contributed by atoms with E-state index in [1.807, 2.05) is 30.3 Å². The Kier molecular flexibility index (Phi) is 3.28. The van der Waals surface area contributed by atoms with Crippen LogP contribution in [-0.4, -0.2) is 5.97 Å². The van der Waals surface area contributed by atoms with Gasteiger partial charge in [0.05, 0.1) is 11.6 Å². The molecule has 1 aromatic heterocycles. The molecular weight excluding hydrogens is 268 g/mol. The number of esters is 1. The molecule has 0 radical (unpaired) electrons. The lowest BCUT2D eigenvalue weighted by atomic mass is 10.0. The van der Waals surface area contributed by atoms with Gasteiger partial charge in [-0.25, -0.2) is 9.59 Å². The number of ether oxygens (including phenoxy) is 1. The van der Waals surface area contributed by atoms with Crippen molar-refractivity contribution in [2.75, 3.05) is 0 Å². The molecule has 0 unspecified atom stereocenters. The smallest absolute Gasteiger partial charge is 0.344 e. The fourth-order valence-corrected chi connectivity index (χ4v) is 2.20. The molecule has 4 heteroatoms. The van der Waals surface area contributed by atoms with E-state index in [4.69, 9.17) is 9.15 Å². The van der Waals surface area contributed by atoms with Gasteiger partial charge in [-0.15, -0.1) is 0 Å². The molecule has 0 N–H and O–H groups in total. The first-order valence-corrected chi connectivity index (χ1v) is 6.45. The van der Waals surface area contributed by atoms with E-state index < -0.39 is 11.6 Å². The van der Waals surface area contributed by atoms with Crippen molar-refractivity contribution in [2.24, 2.45) is 0 Å². The number of hydrogen-bond donors (Lipinski definition) is 0. The molecule has 3 aromatic rings. The Morgan fingerprint density at radius 2 is 1.81 bits per heavy atom. The fraction of sp³-hybridized carbons (Fsp3) is 0.0588. The Hall–Kier alpha value is -2.88. The lowest BCUT2D eigenvalue weighted by Crippen LogP contribution is -2.11. The van der Waals surface area contributed by atoms with Crippen LogP contribution in [0.1, 0.15) is 16.1 Å². The van der Waals surface area contributed by atoms with Crippen molar-refractivity contribution in [2.45, 2.75) is 6.92 Å². The average molecular weight is 280 g/mol. The Morgan fingerprint density at radius 3 is 2.62 bits per heavy atom. The number of carbonyl (C=O) groups is 1. The van der Waals surface area contributed by atoms with Crippen molar-refractivity contribution < 1.29 is 13.9 Å². The van der Waals surface area contributed by atoms with Gasteiger partial charge in [0.1, 0.15) is 11.5 Å². The van der Waals surface area contributed by atoms with Crippen molar-refractivity contribution in [1.29, 1.82) is 0 Å². The van der Waals surface area contributed by atoms with Crippen LogP contribution in [0.15, 0.2) is 63.8 Å². The largest absolute Gasteiger partial charge is 0.428 e. The van der Waals surface area contributed by atoms with Crippen LogP contribution in [-0.2, 0) is 0 Å². The van der Waals surface area contributed by atoms with Crippen molar-refractivity contribution >= 4 is 16.7 Å². The van der Waals surface area contributed by atoms with Gasteiger partial charge in [0.25, 0.3) is 0 Å². The summed E-state index contributed by atoms with van der Waals surface area (Å²) in [5.41, 5.74) is -0.0882. The summed E-state index contributed by atoms with van der Waals surface area (Å²) in [7, 11) is 0. The summed E-state index contributed by atoms with van der Waals surface area (Å²) >= 11 is 0. The van der Waals surface area contributed by atoms with Gasteiger partial charge in [-0.05, 0) is 23.8 Å². The van der Waals surface area contributed by atoms with E-state index in [-0.39, 0.29) is 5.75 Å². The molecule has 0 aliphatic rings. The van der Waals surface area contributed by atoms with Crippen LogP contribution in [0.5, 0.6) is 5.75 Å². The van der Waals surface area contributed by atoms with E-state index in [2.05, 4.69) is 0 Å². The number of rotatable bonds is 2. The van der Waals surface area contributed by atoms with Gasteiger partial charge < -0.3 is 9.15 Å². The van der Waals surface area contributed by atoms with Gasteiger partial charge in [-0.2, -0.15) is 0 Å². The minimum atomic E-state index is -0.546. The second-order valence-electron chi connectivity index (χ2n) is 4.64. The highest BCUT2D eigenvalue weighted by Crippen LogP contribution is 2.20. The third-order valence-electron chi connectivity index (χ3n) is 3.09. The minimum absolute atomic E-state index is 0.182. The van der Waals surface area contributed by atoms with Gasteiger partial charge in [-0.3, -0.25) is 0 Å². The zero-order chi connectivity index (χ0) is 14.8. The predicted octanol–water partition coefficient (Wildman–Crippen LogP) is 3.32. The van der Waals surface area contributed by atoms with Gasteiger partial charge in [-0.1, -0.05) is 36.4 Å². The normalized spacial score (nSPS) is 10.5. The van der Waals surface area contributed by atoms with Crippen LogP contribution in [0.2, 0.25) is 0 Å². The van der Waals surface area contributed by atoms with Crippen molar-refractivity contribution in [3.63, 3.8) is 0 Å². The van der Waals surface area contributed by atoms with E-state index in [0.717, 1.165) is 16.8 Å². The first-order chi connectivity index (χ1) is 10.1. The fourth-order valence-electron chi connectivity index (χ4n) is 2.20. The summed E-state index contributed by atoms with van der Waals surface area (Å²) in [5, 5.41) is 1.76. The predicted molar refractivity (Wildman–Crippen MR) is 78.6 cm³/mol. The van der Waals surface area contributed by atoms with E-state index in [9.17, 15) is 9.59 Å². The molecule has 0 saturated heterocycles. The molecule has 3 rings (SSSR count). The van der Waals surface area contributed by atoms with Crippen molar-refractivity contribution in [3.05, 3.63) is 76.3 Å². The second-order valence-corrected chi connectivity index (χ2v) is 4.64. The maximum absolute atomic E-state index is 12.3. The van der Waals surface area contributed by atoms with Gasteiger partial charge in [0.15, 0.2) is 0 Å². The Morgan fingerprint density at radius 1 is 1.05 bits per heavy atom. The lowest BCUT2D eigenvalue weighted by Gasteiger charge is -2.07. The summed E-state index contributed by atoms with van der Waals surface area (Å²) in [5.74, 6) is 0.0710. The van der Waals surface area contributed by atoms with E-state index in [1.54, 1.807) is 19.1 Å². The Labute approximate surface area is 120 Å². The number of carbonyl (C=O) groups excluding carboxylic acids is 1. The SMILES string of the molecule is Cc1cc(OC(=O)c2cccc3ccccc23)cc(=O)o1. The van der Waals surface area contributed by atoms with Crippen molar-refractivity contribution in [3.8, 4) is 5.75 Å². The molecular formula is C17H12O4. The van der Waals surface area contributed by atoms with Crippen LogP contribution < -0.4 is 10.4 Å². The van der Waals surface area contributed by atoms with Gasteiger partial charge in [0, 0.05) is 6.07 Å². The molecule has 0 amide bonds. The molecule has 0 aliphatic heterocycles. The zero-order valence-electron chi connectivity index (χ0n) is 11.3. The standard InChI is InChI=1S/C17H12O4/c1-11-9-13(10-16(18)20-11)21-17(19)15-8-4-6-12-5-2-3-7-14(12)15/h2-10H,1H3. The topological polar surface area (TPSA) is 56.5 Å². The molecule has 0 fully saturated rings. The Bertz CT molecular complexity index is 872. The monoisotopic (exact) mass is 280 g/mol. The van der Waals surface area contributed by atoms with Crippen LogP contribution in [0, 0.1) is 6.92 Å². The van der Waals surface area contributed by atoms with Crippen LogP contribution in [0.4, 0.5) is 0 Å². The zero-order valence-corrected chi connectivity index (χ0v) is 11.3. The van der Waals surface area contributed by atoms with E-state index in [1.165, 1.54) is 6.07 Å². The maximum Gasteiger partial charge on any atom is 0.344 e. The summed E-state index contributed by atoms with van der Waals surface area (Å²) in [6.45, 7) is 1.62. The molecule has 0 atom stereocenters. The summed E-state index contributed by atoms with van der Waals surface area (Å²) in [6.07, 6.45) is 0. The second kappa shape index (κ2) is 5.25. The summed E-state index contributed by atoms with van der Waals surface area (Å²) < 4.78 is 10.1. The van der Waals surface area contributed by atoms with Crippen LogP contribution in [0.25, 0.3) is 10.8 Å². The average Bonchev–Trinajstić information content (AvgIpc) is 2.45. The molecule has 1 heterocycles. The molecule has 0 saturated carbocycles. The lowest BCUT2D eigenvalue weighted by molar-refractivity contribution is 0.0735. The molecule has 21 heavy (non-hydrogen) atoms. The highest BCUT2D eigenvalue weighted by molar-refractivity contribution is 6.05. The molecule has 4 nitrogen and oxygen atoms in total. The number of aryl methyl sites for hydroxylation is 1. The Balaban J connectivity index is 1.99. The van der Waals surface area contributed by atoms with E-state index in [0.29, 0.717) is 11.3 Å². The third-order valence-corrected chi connectivity index (χ3v) is 3.09. The molecule has 104 valence electrons. The highest BCUT2D eigenvalue weighted by atomic mass is 16.5. The first-order valence-electron chi connectivity index (χ1n) is 6.45. The van der Waals surface area contributed by atoms with Gasteiger partial charge in [0.2, 0.25) is 0 Å². The van der Waals surface area contributed by atoms with Crippen molar-refractivity contribution in [1.82, 2.24) is 0 Å². The van der Waals surface area contributed by atoms with Crippen LogP contribution >= 0.6 is 0 Å². The third kappa shape index (κ3) is 2.69. The number of fused-ring (bicyclic) bond motifs is 1. The minimum Gasteiger partial charge on any atom is -0.428 e. The number of benzene rings is 2. The first kappa shape index (κ1) is 13.1. The van der Waals surface area contributed by atoms with E-state index >= 15 is 0 Å². The summed E-state index contributed by atoms with van der Waals surface area (Å²) in [6, 6.07) is 15.6. The molecule has 0 spiro atoms. The molecule has 2 aromatic carbocycles. The molecule has 0 aliphatic carbocycles. The maximum atomic E-state index is 12.3. The van der Waals surface area contributed by atoms with Gasteiger partial charge >= 0.3 is 11.6 Å². The molecule has 0 bridgehead atoms. The van der Waals surface area contributed by atoms with Crippen LogP contribution in [0.3, 0.4) is 0 Å². The summed E-state index contributed by atoms with van der Waals surface area (Å²) in [4.78, 5) is 23.6. The number of hydrogen-bond acceptors (Lipinski definition) is 4. The highest BCUT2D eigenvalue weighted by Gasteiger charge is 2.13. The quantitative estimate of drug-likeness (QED) is 0.676.